The van der Waals surface area contributed by atoms with E-state index < -0.39 is 0 Å². The van der Waals surface area contributed by atoms with Crippen LogP contribution in [-0.4, -0.2) is 42.3 Å². The molecule has 0 saturated heterocycles. The average Bonchev–Trinajstić information content (AvgIpc) is 2.39. The molecular weight excluding hydrogens is 212 g/mol. The second-order valence-corrected chi connectivity index (χ2v) is 5.63. The molecule has 0 atom stereocenters. The van der Waals surface area contributed by atoms with Crippen molar-refractivity contribution in [3.8, 4) is 0 Å². The molecule has 3 N–H and O–H groups in total. The normalized spacial score (nSPS) is 29.8. The number of aliphatic hydroxyl groups excluding tert-OH is 1. The maximum absolute atomic E-state index is 8.83. The summed E-state index contributed by atoms with van der Waals surface area (Å²) in [5.41, 5.74) is 6.28. The Kier molecular flexibility index (Phi) is 6.45. The number of aliphatic hydroxyl groups is 1. The zero-order chi connectivity index (χ0) is 12.7. The largest absolute Gasteiger partial charge is 0.396 e. The Labute approximate surface area is 106 Å². The molecule has 1 aliphatic rings. The van der Waals surface area contributed by atoms with Gasteiger partial charge in [-0.2, -0.15) is 0 Å². The van der Waals surface area contributed by atoms with Crippen LogP contribution in [0.3, 0.4) is 0 Å². The third kappa shape index (κ3) is 3.94. The number of nitrogens with zero attached hydrogens (tertiary/aromatic N) is 1. The average molecular weight is 242 g/mol. The Morgan fingerprint density at radius 3 is 2.41 bits per heavy atom. The standard InChI is InChI=1S/C14H30N2O/c1-3-13-6-8-14(12-15,9-7-13)16(2)10-4-5-11-17/h13,17H,3-12,15H2,1-2H3. The van der Waals surface area contributed by atoms with Crippen LogP contribution in [0.5, 0.6) is 0 Å². The van der Waals surface area contributed by atoms with Crippen LogP contribution in [0.15, 0.2) is 0 Å². The molecule has 1 aliphatic carbocycles. The molecule has 0 unspecified atom stereocenters. The van der Waals surface area contributed by atoms with E-state index in [1.54, 1.807) is 0 Å². The molecule has 3 heteroatoms. The first-order valence-corrected chi connectivity index (χ1v) is 7.20. The number of hydrogen-bond donors (Lipinski definition) is 2. The molecule has 0 aromatic heterocycles. The number of rotatable bonds is 7. The minimum Gasteiger partial charge on any atom is -0.396 e. The monoisotopic (exact) mass is 242 g/mol. The van der Waals surface area contributed by atoms with Crippen LogP contribution < -0.4 is 5.73 Å². The number of nitrogens with two attached hydrogens (primary N) is 1. The van der Waals surface area contributed by atoms with Crippen molar-refractivity contribution in [2.24, 2.45) is 11.7 Å². The highest BCUT2D eigenvalue weighted by atomic mass is 16.2. The topological polar surface area (TPSA) is 49.5 Å². The molecule has 0 aromatic carbocycles. The molecule has 102 valence electrons. The summed E-state index contributed by atoms with van der Waals surface area (Å²) in [6.07, 6.45) is 8.45. The number of hydrogen-bond acceptors (Lipinski definition) is 3. The molecule has 17 heavy (non-hydrogen) atoms. The summed E-state index contributed by atoms with van der Waals surface area (Å²) in [5, 5.41) is 8.83. The minimum atomic E-state index is 0.237. The van der Waals surface area contributed by atoms with Crippen LogP contribution in [0.4, 0.5) is 0 Å². The van der Waals surface area contributed by atoms with Crippen LogP contribution in [0.1, 0.15) is 51.9 Å². The summed E-state index contributed by atoms with van der Waals surface area (Å²) in [4.78, 5) is 2.45. The number of likely N-dealkylation sites (N-methyl/N-ethyl adjacent to an activating group) is 1. The molecule has 0 aromatic rings. The third-order valence-electron chi connectivity index (χ3n) is 4.70. The second-order valence-electron chi connectivity index (χ2n) is 5.63. The summed E-state index contributed by atoms with van der Waals surface area (Å²) in [6, 6.07) is 0. The first-order valence-electron chi connectivity index (χ1n) is 7.20. The van der Waals surface area contributed by atoms with Crippen LogP contribution in [0.25, 0.3) is 0 Å². The predicted octanol–water partition coefficient (Wildman–Crippen LogP) is 1.99. The van der Waals surface area contributed by atoms with Crippen LogP contribution in [0.2, 0.25) is 0 Å². The summed E-state index contributed by atoms with van der Waals surface area (Å²) in [6.45, 7) is 4.44. The van der Waals surface area contributed by atoms with E-state index in [1.165, 1.54) is 32.1 Å². The summed E-state index contributed by atoms with van der Waals surface area (Å²) < 4.78 is 0. The Morgan fingerprint density at radius 2 is 1.94 bits per heavy atom. The van der Waals surface area contributed by atoms with E-state index in [2.05, 4.69) is 18.9 Å². The van der Waals surface area contributed by atoms with Gasteiger partial charge in [0.05, 0.1) is 0 Å². The SMILES string of the molecule is CCC1CCC(CN)(N(C)CCCCO)CC1. The van der Waals surface area contributed by atoms with Crippen LogP contribution in [0, 0.1) is 5.92 Å². The van der Waals surface area contributed by atoms with Gasteiger partial charge in [-0.1, -0.05) is 13.3 Å². The molecule has 1 fully saturated rings. The smallest absolute Gasteiger partial charge is 0.0431 e. The Hall–Kier alpha value is -0.120. The van der Waals surface area contributed by atoms with Crippen molar-refractivity contribution < 1.29 is 5.11 Å². The van der Waals surface area contributed by atoms with E-state index in [1.807, 2.05) is 0 Å². The minimum absolute atomic E-state index is 0.237. The van der Waals surface area contributed by atoms with E-state index in [4.69, 9.17) is 10.8 Å². The van der Waals surface area contributed by atoms with Gasteiger partial charge in [0.2, 0.25) is 0 Å². The molecule has 3 nitrogen and oxygen atoms in total. The molecule has 1 saturated carbocycles. The highest BCUT2D eigenvalue weighted by Gasteiger charge is 2.36. The summed E-state index contributed by atoms with van der Waals surface area (Å²) in [5.74, 6) is 0.917. The van der Waals surface area contributed by atoms with E-state index in [0.717, 1.165) is 31.8 Å². The number of unbranched alkanes of at least 4 members (excludes halogenated alkanes) is 1. The van der Waals surface area contributed by atoms with E-state index in [9.17, 15) is 0 Å². The Balaban J connectivity index is 2.45. The van der Waals surface area contributed by atoms with Crippen molar-refractivity contribution in [2.45, 2.75) is 57.4 Å². The van der Waals surface area contributed by atoms with Gasteiger partial charge in [0, 0.05) is 18.7 Å². The van der Waals surface area contributed by atoms with Crippen molar-refractivity contribution in [1.82, 2.24) is 4.90 Å². The quantitative estimate of drug-likeness (QED) is 0.671. The Bertz CT molecular complexity index is 200. The lowest BCUT2D eigenvalue weighted by atomic mass is 9.74. The van der Waals surface area contributed by atoms with Gasteiger partial charge in [-0.25, -0.2) is 0 Å². The van der Waals surface area contributed by atoms with E-state index >= 15 is 0 Å². The molecule has 0 spiro atoms. The maximum atomic E-state index is 8.83. The van der Waals surface area contributed by atoms with Gasteiger partial charge in [0.15, 0.2) is 0 Å². The zero-order valence-electron chi connectivity index (χ0n) is 11.6. The van der Waals surface area contributed by atoms with E-state index in [-0.39, 0.29) is 5.54 Å². The third-order valence-corrected chi connectivity index (χ3v) is 4.70. The fourth-order valence-electron chi connectivity index (χ4n) is 3.06. The highest BCUT2D eigenvalue weighted by Crippen LogP contribution is 2.36. The van der Waals surface area contributed by atoms with Crippen molar-refractivity contribution in [3.05, 3.63) is 0 Å². The molecule has 0 radical (unpaired) electrons. The Morgan fingerprint density at radius 1 is 1.29 bits per heavy atom. The molecule has 0 bridgehead atoms. The van der Waals surface area contributed by atoms with Crippen molar-refractivity contribution >= 4 is 0 Å². The molecule has 0 aliphatic heterocycles. The fraction of sp³-hybridized carbons (Fsp3) is 1.00. The van der Waals surface area contributed by atoms with Gasteiger partial charge in [-0.05, 0) is 58.0 Å². The molecular formula is C14H30N2O. The van der Waals surface area contributed by atoms with Gasteiger partial charge in [0.25, 0.3) is 0 Å². The van der Waals surface area contributed by atoms with Gasteiger partial charge in [0.1, 0.15) is 0 Å². The molecule has 0 heterocycles. The molecule has 1 rings (SSSR count). The van der Waals surface area contributed by atoms with Crippen molar-refractivity contribution in [2.75, 3.05) is 26.7 Å². The van der Waals surface area contributed by atoms with Gasteiger partial charge < -0.3 is 10.8 Å². The van der Waals surface area contributed by atoms with Crippen LogP contribution >= 0.6 is 0 Å². The van der Waals surface area contributed by atoms with E-state index in [0.29, 0.717) is 6.61 Å². The lowest BCUT2D eigenvalue weighted by molar-refractivity contribution is 0.0616. The fourth-order valence-corrected chi connectivity index (χ4v) is 3.06. The predicted molar refractivity (Wildman–Crippen MR) is 73.0 cm³/mol. The summed E-state index contributed by atoms with van der Waals surface area (Å²) in [7, 11) is 2.20. The first kappa shape index (κ1) is 14.9. The maximum Gasteiger partial charge on any atom is 0.0431 e. The lowest BCUT2D eigenvalue weighted by Crippen LogP contribution is -2.54. The highest BCUT2D eigenvalue weighted by molar-refractivity contribution is 4.94. The van der Waals surface area contributed by atoms with Gasteiger partial charge in [-0.3, -0.25) is 4.90 Å². The van der Waals surface area contributed by atoms with Gasteiger partial charge in [-0.15, -0.1) is 0 Å². The van der Waals surface area contributed by atoms with Crippen molar-refractivity contribution in [3.63, 3.8) is 0 Å². The molecule has 0 amide bonds. The van der Waals surface area contributed by atoms with Gasteiger partial charge >= 0.3 is 0 Å². The zero-order valence-corrected chi connectivity index (χ0v) is 11.6. The lowest BCUT2D eigenvalue weighted by Gasteiger charge is -2.46. The summed E-state index contributed by atoms with van der Waals surface area (Å²) >= 11 is 0. The van der Waals surface area contributed by atoms with Crippen LogP contribution in [-0.2, 0) is 0 Å². The van der Waals surface area contributed by atoms with Crippen molar-refractivity contribution in [1.29, 1.82) is 0 Å². The first-order chi connectivity index (χ1) is 8.18. The second kappa shape index (κ2) is 7.34.